The van der Waals surface area contributed by atoms with Gasteiger partial charge in [-0.05, 0) is 46.2 Å². The maximum atomic E-state index is 6.50. The molecule has 0 saturated carbocycles. The Hall–Kier alpha value is 1.13. The molecule has 1 aliphatic heterocycles. The van der Waals surface area contributed by atoms with E-state index in [2.05, 4.69) is 50.5 Å². The van der Waals surface area contributed by atoms with Gasteiger partial charge >= 0.3 is 29.6 Å². The molecule has 0 bridgehead atoms. The van der Waals surface area contributed by atoms with E-state index < -0.39 is 0 Å². The molecule has 1 heterocycles. The van der Waals surface area contributed by atoms with Crippen LogP contribution in [0.2, 0.25) is 0 Å². The molecule has 1 aliphatic rings. The summed E-state index contributed by atoms with van der Waals surface area (Å²) >= 11 is 3.64. The quantitative estimate of drug-likeness (QED) is 0.370. The van der Waals surface area contributed by atoms with Crippen molar-refractivity contribution in [1.82, 2.24) is 4.90 Å². The molecule has 0 radical (unpaired) electrons. The van der Waals surface area contributed by atoms with Gasteiger partial charge in [-0.3, -0.25) is 4.66 Å². The molecule has 90 valence electrons. The van der Waals surface area contributed by atoms with E-state index in [-0.39, 0.29) is 31.0 Å². The van der Waals surface area contributed by atoms with Crippen LogP contribution in [0, 0.1) is 5.92 Å². The molecule has 4 N–H and O–H groups in total. The Morgan fingerprint density at radius 1 is 1.40 bits per heavy atom. The summed E-state index contributed by atoms with van der Waals surface area (Å²) in [6.45, 7) is 8.32. The molecule has 4 nitrogen and oxygen atoms in total. The van der Waals surface area contributed by atoms with Gasteiger partial charge in [0.1, 0.15) is 0 Å². The van der Waals surface area contributed by atoms with Gasteiger partial charge in [0.15, 0.2) is 0 Å². The Morgan fingerprint density at radius 2 is 1.80 bits per heavy atom. The Bertz CT molecular complexity index is 133. The maximum absolute atomic E-state index is 6.50. The number of hydrogen-bond donors (Lipinski definition) is 3. The smallest absolute Gasteiger partial charge is 1.00 e. The summed E-state index contributed by atoms with van der Waals surface area (Å²) in [7, 11) is 2.23. The summed E-state index contributed by atoms with van der Waals surface area (Å²) < 4.78 is 6.47. The maximum Gasteiger partial charge on any atom is 1.00 e. The summed E-state index contributed by atoms with van der Waals surface area (Å²) in [6, 6.07) is 0. The predicted octanol–water partition coefficient (Wildman–Crippen LogP) is -1.29. The molecule has 0 spiro atoms. The van der Waals surface area contributed by atoms with Crippen LogP contribution in [-0.2, 0) is 0 Å². The monoisotopic (exact) mass is 250 g/mol. The topological polar surface area (TPSA) is 69.7 Å². The van der Waals surface area contributed by atoms with Crippen molar-refractivity contribution < 1.29 is 40.9 Å². The fourth-order valence-corrected chi connectivity index (χ4v) is 1.65. The third kappa shape index (κ3) is 7.13. The van der Waals surface area contributed by atoms with Gasteiger partial charge in [-0.15, -0.1) is 0 Å². The number of nitrogens with two attached hydrogens (primary N) is 1. The normalized spacial score (nSPS) is 23.6. The Labute approximate surface area is 122 Å². The second-order valence-electron chi connectivity index (χ2n) is 4.12. The number of halogens is 1. The van der Waals surface area contributed by atoms with Crippen LogP contribution >= 0.6 is 11.9 Å². The van der Waals surface area contributed by atoms with Gasteiger partial charge in [-0.1, -0.05) is 6.92 Å². The summed E-state index contributed by atoms with van der Waals surface area (Å²) in [4.78, 5) is 2.47. The average Bonchev–Trinajstić information content (AvgIpc) is 2.21. The molecule has 1 fully saturated rings. The molecular formula is C9H24ClN2NaO2. The SMILES string of the molecule is CC1CCCN(C)C1(C)C.NO.OCl.[H-].[Na+]. The Kier molecular flexibility index (Phi) is 16.6. The van der Waals surface area contributed by atoms with Gasteiger partial charge in [0.25, 0.3) is 0 Å². The third-order valence-electron chi connectivity index (χ3n) is 3.32. The summed E-state index contributed by atoms with van der Waals surface area (Å²) in [5.41, 5.74) is 0.429. The molecule has 0 aliphatic carbocycles. The molecule has 0 aromatic rings. The number of likely N-dealkylation sites (tertiary alicyclic amines) is 1. The van der Waals surface area contributed by atoms with E-state index in [1.165, 1.54) is 19.4 Å². The van der Waals surface area contributed by atoms with Gasteiger partial charge < -0.3 is 11.5 Å². The third-order valence-corrected chi connectivity index (χ3v) is 3.32. The zero-order chi connectivity index (χ0) is 11.8. The van der Waals surface area contributed by atoms with Crippen LogP contribution in [0.25, 0.3) is 0 Å². The zero-order valence-corrected chi connectivity index (χ0v) is 13.3. The largest absolute Gasteiger partial charge is 1.00 e. The Balaban J connectivity index is -0.000000109. The molecule has 0 aromatic heterocycles. The molecule has 1 unspecified atom stereocenters. The van der Waals surface area contributed by atoms with E-state index in [1.54, 1.807) is 0 Å². The van der Waals surface area contributed by atoms with Crippen LogP contribution in [0.15, 0.2) is 0 Å². The fourth-order valence-electron chi connectivity index (χ4n) is 1.65. The minimum Gasteiger partial charge on any atom is -1.00 e. The van der Waals surface area contributed by atoms with Crippen molar-refractivity contribution in [2.75, 3.05) is 13.6 Å². The predicted molar refractivity (Wildman–Crippen MR) is 60.3 cm³/mol. The minimum absolute atomic E-state index is 0. The standard InChI is InChI=1S/C9H19N.ClHO.H3NO.Na.H/c1-8-6-5-7-10(4)9(8,2)3;2*1-2;;/h8H,5-7H2,1-4H3;2H;2H,1H2;;/q;;;+1;-1. The van der Waals surface area contributed by atoms with Crippen molar-refractivity contribution in [2.24, 2.45) is 11.8 Å². The minimum atomic E-state index is 0. The zero-order valence-electron chi connectivity index (χ0n) is 11.5. The van der Waals surface area contributed by atoms with Crippen molar-refractivity contribution in [3.05, 3.63) is 0 Å². The van der Waals surface area contributed by atoms with E-state index in [9.17, 15) is 0 Å². The number of rotatable bonds is 0. The average molecular weight is 251 g/mol. The van der Waals surface area contributed by atoms with E-state index >= 15 is 0 Å². The second-order valence-corrected chi connectivity index (χ2v) is 4.12. The van der Waals surface area contributed by atoms with Crippen LogP contribution in [0.4, 0.5) is 0 Å². The fraction of sp³-hybridized carbons (Fsp3) is 1.00. The van der Waals surface area contributed by atoms with Crippen molar-refractivity contribution in [1.29, 1.82) is 0 Å². The van der Waals surface area contributed by atoms with Crippen LogP contribution in [0.1, 0.15) is 35.0 Å². The van der Waals surface area contributed by atoms with Gasteiger partial charge in [0, 0.05) is 5.54 Å². The Morgan fingerprint density at radius 3 is 2.07 bits per heavy atom. The molecule has 0 aromatic carbocycles. The first-order chi connectivity index (χ1) is 6.55. The molecule has 0 amide bonds. The van der Waals surface area contributed by atoms with E-state index in [0.717, 1.165) is 5.92 Å². The van der Waals surface area contributed by atoms with E-state index in [0.29, 0.717) is 5.54 Å². The number of hydrogen-bond acceptors (Lipinski definition) is 4. The first-order valence-corrected chi connectivity index (χ1v) is 5.03. The molecule has 1 rings (SSSR count). The molecule has 6 heteroatoms. The summed E-state index contributed by atoms with van der Waals surface area (Å²) in [5, 5.41) is 6.50. The van der Waals surface area contributed by atoms with Gasteiger partial charge in [0.05, 0.1) is 11.9 Å². The van der Waals surface area contributed by atoms with E-state index in [1.807, 2.05) is 0 Å². The van der Waals surface area contributed by atoms with Crippen LogP contribution in [0.5, 0.6) is 0 Å². The summed E-state index contributed by atoms with van der Waals surface area (Å²) in [5.74, 6) is 4.35. The van der Waals surface area contributed by atoms with Crippen LogP contribution in [-0.4, -0.2) is 33.9 Å². The van der Waals surface area contributed by atoms with Gasteiger partial charge in [-0.25, -0.2) is 5.90 Å². The molecular weight excluding hydrogens is 227 g/mol. The van der Waals surface area contributed by atoms with Crippen LogP contribution in [0.3, 0.4) is 0 Å². The van der Waals surface area contributed by atoms with E-state index in [4.69, 9.17) is 9.87 Å². The second kappa shape index (κ2) is 11.6. The first-order valence-electron chi connectivity index (χ1n) is 4.69. The van der Waals surface area contributed by atoms with Crippen LogP contribution < -0.4 is 35.5 Å². The van der Waals surface area contributed by atoms with Crippen molar-refractivity contribution >= 4 is 11.9 Å². The van der Waals surface area contributed by atoms with Crippen molar-refractivity contribution in [2.45, 2.75) is 39.2 Å². The van der Waals surface area contributed by atoms with Gasteiger partial charge in [0.2, 0.25) is 0 Å². The first kappa shape index (κ1) is 21.4. The molecule has 1 saturated heterocycles. The van der Waals surface area contributed by atoms with Crippen molar-refractivity contribution in [3.8, 4) is 0 Å². The number of nitrogens with zero attached hydrogens (tertiary/aromatic N) is 1. The van der Waals surface area contributed by atoms with Gasteiger partial charge in [-0.2, -0.15) is 0 Å². The number of piperidine rings is 1. The molecule has 1 atom stereocenters. The summed E-state index contributed by atoms with van der Waals surface area (Å²) in [6.07, 6.45) is 2.78. The molecule has 15 heavy (non-hydrogen) atoms. The van der Waals surface area contributed by atoms with Crippen molar-refractivity contribution in [3.63, 3.8) is 0 Å².